The Bertz CT molecular complexity index is 408. The number of nitrogens with two attached hydrogens (primary N) is 1. The highest BCUT2D eigenvalue weighted by Gasteiger charge is 2.12. The highest BCUT2D eigenvalue weighted by atomic mass is 16.5. The van der Waals surface area contributed by atoms with Crippen molar-refractivity contribution in [3.05, 3.63) is 23.8 Å². The zero-order chi connectivity index (χ0) is 14.1. The molecular weight excluding hydrogens is 244 g/mol. The van der Waals surface area contributed by atoms with Crippen LogP contribution in [0.15, 0.2) is 18.2 Å². The summed E-state index contributed by atoms with van der Waals surface area (Å²) in [6, 6.07) is 5.20. The first-order valence-corrected chi connectivity index (χ1v) is 6.48. The highest BCUT2D eigenvalue weighted by molar-refractivity contribution is 5.96. The van der Waals surface area contributed by atoms with Crippen LogP contribution in [-0.2, 0) is 9.47 Å². The van der Waals surface area contributed by atoms with Crippen LogP contribution in [0.25, 0.3) is 0 Å². The van der Waals surface area contributed by atoms with Crippen LogP contribution in [0.2, 0.25) is 0 Å². The zero-order valence-electron chi connectivity index (χ0n) is 11.6. The molecule has 0 radical (unpaired) electrons. The molecule has 0 amide bonds. The molecule has 0 aromatic heterocycles. The lowest BCUT2D eigenvalue weighted by Crippen LogP contribution is -2.11. The summed E-state index contributed by atoms with van der Waals surface area (Å²) in [6.07, 6.45) is 1.95. The number of rotatable bonds is 8. The first kappa shape index (κ1) is 15.3. The van der Waals surface area contributed by atoms with Crippen molar-refractivity contribution >= 4 is 17.3 Å². The van der Waals surface area contributed by atoms with Crippen molar-refractivity contribution < 1.29 is 14.3 Å². The van der Waals surface area contributed by atoms with E-state index in [0.29, 0.717) is 17.9 Å². The number of hydrogen-bond acceptors (Lipinski definition) is 5. The molecule has 106 valence electrons. The average Bonchev–Trinajstić information content (AvgIpc) is 2.40. The maximum absolute atomic E-state index is 11.8. The average molecular weight is 266 g/mol. The molecule has 0 aliphatic rings. The molecule has 0 spiro atoms. The van der Waals surface area contributed by atoms with Crippen LogP contribution in [0.4, 0.5) is 11.4 Å². The van der Waals surface area contributed by atoms with Crippen LogP contribution in [-0.4, -0.2) is 32.8 Å². The number of benzene rings is 1. The topological polar surface area (TPSA) is 73.6 Å². The molecule has 0 saturated carbocycles. The van der Waals surface area contributed by atoms with Crippen LogP contribution in [0, 0.1) is 0 Å². The van der Waals surface area contributed by atoms with Gasteiger partial charge in [-0.15, -0.1) is 0 Å². The van der Waals surface area contributed by atoms with E-state index in [1.54, 1.807) is 32.2 Å². The Morgan fingerprint density at radius 2 is 2.16 bits per heavy atom. The van der Waals surface area contributed by atoms with Crippen LogP contribution in [0.5, 0.6) is 0 Å². The van der Waals surface area contributed by atoms with Gasteiger partial charge in [0.25, 0.3) is 0 Å². The molecule has 0 saturated heterocycles. The Balaban J connectivity index is 2.63. The molecule has 0 aliphatic carbocycles. The Labute approximate surface area is 114 Å². The summed E-state index contributed by atoms with van der Waals surface area (Å²) in [5.41, 5.74) is 7.49. The molecule has 5 nitrogen and oxygen atoms in total. The second kappa shape index (κ2) is 8.37. The summed E-state index contributed by atoms with van der Waals surface area (Å²) in [4.78, 5) is 11.8. The number of nitrogens with one attached hydrogen (secondary N) is 1. The van der Waals surface area contributed by atoms with Gasteiger partial charge in [0.2, 0.25) is 0 Å². The number of anilines is 2. The number of methoxy groups -OCH3 is 1. The van der Waals surface area contributed by atoms with Crippen molar-refractivity contribution in [2.45, 2.75) is 19.8 Å². The fourth-order valence-corrected chi connectivity index (χ4v) is 1.69. The van der Waals surface area contributed by atoms with E-state index < -0.39 is 0 Å². The fourth-order valence-electron chi connectivity index (χ4n) is 1.69. The second-order valence-electron chi connectivity index (χ2n) is 4.15. The molecule has 0 heterocycles. The summed E-state index contributed by atoms with van der Waals surface area (Å²) in [5, 5.41) is 3.23. The first-order valence-electron chi connectivity index (χ1n) is 6.48. The molecule has 0 aliphatic heterocycles. The van der Waals surface area contributed by atoms with E-state index in [9.17, 15) is 4.79 Å². The molecule has 0 fully saturated rings. The summed E-state index contributed by atoms with van der Waals surface area (Å²) < 4.78 is 10.00. The largest absolute Gasteiger partial charge is 0.462 e. The van der Waals surface area contributed by atoms with Gasteiger partial charge in [-0.1, -0.05) is 0 Å². The third kappa shape index (κ3) is 5.18. The molecule has 3 N–H and O–H groups in total. The molecule has 1 aromatic rings. The van der Waals surface area contributed by atoms with E-state index >= 15 is 0 Å². The number of unbranched alkanes of at least 4 members (excludes halogenated alkanes) is 1. The van der Waals surface area contributed by atoms with E-state index in [1.807, 2.05) is 0 Å². The van der Waals surface area contributed by atoms with Gasteiger partial charge >= 0.3 is 5.97 Å². The lowest BCUT2D eigenvalue weighted by molar-refractivity contribution is 0.0527. The third-order valence-electron chi connectivity index (χ3n) is 2.63. The van der Waals surface area contributed by atoms with Crippen LogP contribution < -0.4 is 11.1 Å². The van der Waals surface area contributed by atoms with Crippen molar-refractivity contribution in [2.75, 3.05) is 37.9 Å². The second-order valence-corrected chi connectivity index (χ2v) is 4.15. The standard InChI is InChI=1S/C14H22N2O3/c1-3-19-14(17)12-10-11(15)6-7-13(12)16-8-4-5-9-18-2/h6-7,10,16H,3-5,8-9,15H2,1-2H3. The number of hydrogen-bond donors (Lipinski definition) is 2. The predicted molar refractivity (Wildman–Crippen MR) is 76.4 cm³/mol. The van der Waals surface area contributed by atoms with Gasteiger partial charge in [-0.2, -0.15) is 0 Å². The van der Waals surface area contributed by atoms with Gasteiger partial charge in [0.15, 0.2) is 0 Å². The van der Waals surface area contributed by atoms with Crippen molar-refractivity contribution in [3.63, 3.8) is 0 Å². The predicted octanol–water partition coefficient (Wildman–Crippen LogP) is 2.28. The normalized spacial score (nSPS) is 10.2. The first-order chi connectivity index (χ1) is 9.19. The van der Waals surface area contributed by atoms with Gasteiger partial charge in [-0.05, 0) is 38.0 Å². The highest BCUT2D eigenvalue weighted by Crippen LogP contribution is 2.20. The Kier molecular flexibility index (Phi) is 6.74. The minimum Gasteiger partial charge on any atom is -0.462 e. The van der Waals surface area contributed by atoms with Gasteiger partial charge in [0.05, 0.1) is 12.2 Å². The summed E-state index contributed by atoms with van der Waals surface area (Å²) in [6.45, 7) is 3.65. The Morgan fingerprint density at radius 1 is 1.37 bits per heavy atom. The Morgan fingerprint density at radius 3 is 2.84 bits per heavy atom. The maximum Gasteiger partial charge on any atom is 0.340 e. The van der Waals surface area contributed by atoms with E-state index in [4.69, 9.17) is 15.2 Å². The molecule has 0 atom stereocenters. The quantitative estimate of drug-likeness (QED) is 0.429. The molecule has 5 heteroatoms. The lowest BCUT2D eigenvalue weighted by Gasteiger charge is -2.12. The van der Waals surface area contributed by atoms with Gasteiger partial charge in [0.1, 0.15) is 0 Å². The van der Waals surface area contributed by atoms with E-state index in [2.05, 4.69) is 5.32 Å². The van der Waals surface area contributed by atoms with Crippen molar-refractivity contribution in [3.8, 4) is 0 Å². The van der Waals surface area contributed by atoms with Crippen molar-refractivity contribution in [1.29, 1.82) is 0 Å². The summed E-state index contributed by atoms with van der Waals surface area (Å²) in [7, 11) is 1.69. The minimum atomic E-state index is -0.353. The van der Waals surface area contributed by atoms with Crippen molar-refractivity contribution in [1.82, 2.24) is 0 Å². The number of carbonyl (C=O) groups is 1. The monoisotopic (exact) mass is 266 g/mol. The fraction of sp³-hybridized carbons (Fsp3) is 0.500. The molecule has 0 unspecified atom stereocenters. The minimum absolute atomic E-state index is 0.348. The maximum atomic E-state index is 11.8. The summed E-state index contributed by atoms with van der Waals surface area (Å²) in [5.74, 6) is -0.353. The molecule has 1 rings (SSSR count). The van der Waals surface area contributed by atoms with Gasteiger partial charge in [-0.25, -0.2) is 4.79 Å². The van der Waals surface area contributed by atoms with Crippen LogP contribution in [0.3, 0.4) is 0 Å². The molecular formula is C14H22N2O3. The van der Waals surface area contributed by atoms with Crippen LogP contribution in [0.1, 0.15) is 30.1 Å². The number of nitrogen functional groups attached to an aromatic ring is 1. The van der Waals surface area contributed by atoms with E-state index in [-0.39, 0.29) is 5.97 Å². The number of esters is 1. The van der Waals surface area contributed by atoms with Gasteiger partial charge < -0.3 is 20.5 Å². The Hall–Kier alpha value is -1.75. The van der Waals surface area contributed by atoms with Crippen molar-refractivity contribution in [2.24, 2.45) is 0 Å². The van der Waals surface area contributed by atoms with E-state index in [0.717, 1.165) is 31.7 Å². The van der Waals surface area contributed by atoms with Gasteiger partial charge in [-0.3, -0.25) is 0 Å². The third-order valence-corrected chi connectivity index (χ3v) is 2.63. The SMILES string of the molecule is CCOC(=O)c1cc(N)ccc1NCCCCOC. The van der Waals surface area contributed by atoms with Gasteiger partial charge in [0, 0.05) is 31.6 Å². The summed E-state index contributed by atoms with van der Waals surface area (Å²) >= 11 is 0. The smallest absolute Gasteiger partial charge is 0.340 e. The lowest BCUT2D eigenvalue weighted by atomic mass is 10.1. The zero-order valence-corrected chi connectivity index (χ0v) is 11.6. The van der Waals surface area contributed by atoms with E-state index in [1.165, 1.54) is 0 Å². The number of carbonyl (C=O) groups excluding carboxylic acids is 1. The molecule has 19 heavy (non-hydrogen) atoms. The molecule has 1 aromatic carbocycles. The molecule has 0 bridgehead atoms. The number of ether oxygens (including phenoxy) is 2. The van der Waals surface area contributed by atoms with Crippen LogP contribution >= 0.6 is 0 Å².